The third-order valence-corrected chi connectivity index (χ3v) is 3.14. The molecular weight excluding hydrogens is 232 g/mol. The number of aromatic nitrogens is 2. The van der Waals surface area contributed by atoms with E-state index < -0.39 is 5.91 Å². The minimum atomic E-state index is -0.667. The van der Waals surface area contributed by atoms with E-state index in [2.05, 4.69) is 30.9 Å². The molecule has 102 valence electrons. The quantitative estimate of drug-likeness (QED) is 0.790. The summed E-state index contributed by atoms with van der Waals surface area (Å²) in [5, 5.41) is 3.52. The molecule has 0 fully saturated rings. The lowest BCUT2D eigenvalue weighted by molar-refractivity contribution is 0.0987. The topological polar surface area (TPSA) is 108 Å². The van der Waals surface area contributed by atoms with Gasteiger partial charge in [0.05, 0.1) is 0 Å². The van der Waals surface area contributed by atoms with Gasteiger partial charge < -0.3 is 16.0 Å². The van der Waals surface area contributed by atoms with Gasteiger partial charge in [0, 0.05) is 6.42 Å². The van der Waals surface area contributed by atoms with Gasteiger partial charge >= 0.3 is 0 Å². The summed E-state index contributed by atoms with van der Waals surface area (Å²) in [5.74, 6) is 0.206. The molecule has 0 aliphatic heterocycles. The van der Waals surface area contributed by atoms with Crippen molar-refractivity contribution < 1.29 is 9.32 Å². The normalized spacial score (nSPS) is 13.6. The van der Waals surface area contributed by atoms with Gasteiger partial charge in [-0.25, -0.2) is 0 Å². The molecule has 0 saturated heterocycles. The molecule has 1 rings (SSSR count). The Morgan fingerprint density at radius 2 is 2.06 bits per heavy atom. The molecule has 0 bridgehead atoms. The molecule has 0 aliphatic rings. The average Bonchev–Trinajstić information content (AvgIpc) is 2.71. The Hall–Kier alpha value is -1.43. The summed E-state index contributed by atoms with van der Waals surface area (Å²) in [5.41, 5.74) is 10.9. The molecule has 1 heterocycles. The summed E-state index contributed by atoms with van der Waals surface area (Å²) in [6, 6.07) is 0. The number of hydrogen-bond acceptors (Lipinski definition) is 5. The SMILES string of the molecule is CC(C)(C)C(CCN)CCc1nc(C(N)=O)no1. The number of nitrogens with zero attached hydrogens (tertiary/aromatic N) is 2. The van der Waals surface area contributed by atoms with Crippen LogP contribution in [0.4, 0.5) is 0 Å². The van der Waals surface area contributed by atoms with Crippen LogP contribution in [-0.4, -0.2) is 22.6 Å². The predicted octanol–water partition coefficient (Wildman–Crippen LogP) is 1.11. The van der Waals surface area contributed by atoms with E-state index >= 15 is 0 Å². The van der Waals surface area contributed by atoms with Crippen LogP contribution >= 0.6 is 0 Å². The molecule has 6 heteroatoms. The van der Waals surface area contributed by atoms with Crippen molar-refractivity contribution >= 4 is 5.91 Å². The van der Waals surface area contributed by atoms with E-state index in [9.17, 15) is 4.79 Å². The van der Waals surface area contributed by atoms with E-state index in [4.69, 9.17) is 16.0 Å². The molecule has 0 spiro atoms. The number of nitrogens with two attached hydrogens (primary N) is 2. The summed E-state index contributed by atoms with van der Waals surface area (Å²) in [7, 11) is 0. The van der Waals surface area contributed by atoms with Gasteiger partial charge in [-0.05, 0) is 30.7 Å². The summed E-state index contributed by atoms with van der Waals surface area (Å²) >= 11 is 0. The van der Waals surface area contributed by atoms with Crippen molar-refractivity contribution in [3.63, 3.8) is 0 Å². The molecule has 0 aromatic carbocycles. The summed E-state index contributed by atoms with van der Waals surface area (Å²) < 4.78 is 4.97. The Labute approximate surface area is 107 Å². The molecule has 1 amide bonds. The summed E-state index contributed by atoms with van der Waals surface area (Å²) in [4.78, 5) is 14.8. The van der Waals surface area contributed by atoms with Crippen molar-refractivity contribution in [1.29, 1.82) is 0 Å². The first-order valence-electron chi connectivity index (χ1n) is 6.17. The maximum Gasteiger partial charge on any atom is 0.290 e. The Kier molecular flexibility index (Phi) is 4.84. The highest BCUT2D eigenvalue weighted by Crippen LogP contribution is 2.31. The van der Waals surface area contributed by atoms with Crippen molar-refractivity contribution in [2.45, 2.75) is 40.0 Å². The number of carbonyl (C=O) groups is 1. The van der Waals surface area contributed by atoms with Gasteiger partial charge in [0.25, 0.3) is 11.7 Å². The molecule has 18 heavy (non-hydrogen) atoms. The fourth-order valence-electron chi connectivity index (χ4n) is 1.97. The summed E-state index contributed by atoms with van der Waals surface area (Å²) in [6.07, 6.45) is 2.50. The minimum absolute atomic E-state index is 0.0591. The van der Waals surface area contributed by atoms with Gasteiger partial charge in [0.2, 0.25) is 5.89 Å². The van der Waals surface area contributed by atoms with E-state index in [1.165, 1.54) is 0 Å². The van der Waals surface area contributed by atoms with Crippen LogP contribution in [0.25, 0.3) is 0 Å². The molecule has 1 unspecified atom stereocenters. The maximum absolute atomic E-state index is 10.8. The second kappa shape index (κ2) is 5.95. The van der Waals surface area contributed by atoms with Crippen LogP contribution in [0.2, 0.25) is 0 Å². The molecule has 1 aromatic rings. The van der Waals surface area contributed by atoms with Gasteiger partial charge in [-0.3, -0.25) is 4.79 Å². The predicted molar refractivity (Wildman–Crippen MR) is 67.8 cm³/mol. The van der Waals surface area contributed by atoms with Gasteiger partial charge in [-0.2, -0.15) is 4.98 Å². The van der Waals surface area contributed by atoms with Crippen molar-refractivity contribution in [3.05, 3.63) is 11.7 Å². The van der Waals surface area contributed by atoms with Crippen LogP contribution in [0.3, 0.4) is 0 Å². The number of rotatable bonds is 6. The van der Waals surface area contributed by atoms with Crippen molar-refractivity contribution in [1.82, 2.24) is 10.1 Å². The first-order chi connectivity index (χ1) is 8.34. The van der Waals surface area contributed by atoms with Crippen molar-refractivity contribution in [2.75, 3.05) is 6.54 Å². The highest BCUT2D eigenvalue weighted by Gasteiger charge is 2.24. The highest BCUT2D eigenvalue weighted by atomic mass is 16.5. The van der Waals surface area contributed by atoms with Gasteiger partial charge in [-0.15, -0.1) is 0 Å². The number of primary amides is 1. The largest absolute Gasteiger partial charge is 0.363 e. The number of aryl methyl sites for hydroxylation is 1. The zero-order valence-electron chi connectivity index (χ0n) is 11.3. The Morgan fingerprint density at radius 1 is 1.39 bits per heavy atom. The Balaban J connectivity index is 2.58. The van der Waals surface area contributed by atoms with E-state index in [-0.39, 0.29) is 11.2 Å². The van der Waals surface area contributed by atoms with Crippen molar-refractivity contribution in [2.24, 2.45) is 22.8 Å². The monoisotopic (exact) mass is 254 g/mol. The molecule has 1 aromatic heterocycles. The third kappa shape index (κ3) is 4.10. The molecular formula is C12H22N4O2. The maximum atomic E-state index is 10.8. The standard InChI is InChI=1S/C12H22N4O2/c1-12(2,3)8(6-7-13)4-5-9-15-11(10(14)17)16-18-9/h8H,4-7,13H2,1-3H3,(H2,14,17). The molecule has 1 atom stereocenters. The van der Waals surface area contributed by atoms with Gasteiger partial charge in [-0.1, -0.05) is 25.9 Å². The lowest BCUT2D eigenvalue weighted by Crippen LogP contribution is -2.24. The first kappa shape index (κ1) is 14.6. The van der Waals surface area contributed by atoms with Gasteiger partial charge in [0.15, 0.2) is 0 Å². The zero-order chi connectivity index (χ0) is 13.8. The lowest BCUT2D eigenvalue weighted by atomic mass is 9.76. The van der Waals surface area contributed by atoms with Crippen LogP contribution in [-0.2, 0) is 6.42 Å². The second-order valence-corrected chi connectivity index (χ2v) is 5.55. The lowest BCUT2D eigenvalue weighted by Gasteiger charge is -2.30. The minimum Gasteiger partial charge on any atom is -0.363 e. The molecule has 6 nitrogen and oxygen atoms in total. The number of amides is 1. The molecule has 4 N–H and O–H groups in total. The van der Waals surface area contributed by atoms with E-state index in [1.54, 1.807) is 0 Å². The van der Waals surface area contributed by atoms with E-state index in [0.29, 0.717) is 24.8 Å². The molecule has 0 saturated carbocycles. The smallest absolute Gasteiger partial charge is 0.290 e. The summed E-state index contributed by atoms with van der Waals surface area (Å²) in [6.45, 7) is 7.24. The number of hydrogen-bond donors (Lipinski definition) is 2. The second-order valence-electron chi connectivity index (χ2n) is 5.55. The van der Waals surface area contributed by atoms with Crippen molar-refractivity contribution in [3.8, 4) is 0 Å². The van der Waals surface area contributed by atoms with Crippen LogP contribution in [0.15, 0.2) is 4.52 Å². The third-order valence-electron chi connectivity index (χ3n) is 3.14. The first-order valence-corrected chi connectivity index (χ1v) is 6.17. The Bertz CT molecular complexity index is 395. The van der Waals surface area contributed by atoms with Crippen LogP contribution < -0.4 is 11.5 Å². The van der Waals surface area contributed by atoms with Crippen LogP contribution in [0.5, 0.6) is 0 Å². The molecule has 0 radical (unpaired) electrons. The van der Waals surface area contributed by atoms with Gasteiger partial charge in [0.1, 0.15) is 0 Å². The van der Waals surface area contributed by atoms with E-state index in [1.807, 2.05) is 0 Å². The highest BCUT2D eigenvalue weighted by molar-refractivity contribution is 5.88. The fourth-order valence-corrected chi connectivity index (χ4v) is 1.97. The molecule has 0 aliphatic carbocycles. The Morgan fingerprint density at radius 3 is 2.50 bits per heavy atom. The fraction of sp³-hybridized carbons (Fsp3) is 0.750. The van der Waals surface area contributed by atoms with Crippen LogP contribution in [0.1, 0.15) is 50.1 Å². The number of carbonyl (C=O) groups excluding carboxylic acids is 1. The zero-order valence-corrected chi connectivity index (χ0v) is 11.3. The van der Waals surface area contributed by atoms with E-state index in [0.717, 1.165) is 12.8 Å². The average molecular weight is 254 g/mol. The van der Waals surface area contributed by atoms with Crippen LogP contribution in [0, 0.1) is 11.3 Å².